The van der Waals surface area contributed by atoms with Gasteiger partial charge in [-0.25, -0.2) is 9.37 Å². The Kier molecular flexibility index (Phi) is 6.65. The van der Waals surface area contributed by atoms with Crippen LogP contribution in [-0.2, 0) is 10.5 Å². The lowest BCUT2D eigenvalue weighted by Gasteiger charge is -2.23. The molecular formula is C24H18FN5O3S3. The van der Waals surface area contributed by atoms with Gasteiger partial charge in [-0.1, -0.05) is 35.2 Å². The molecule has 0 bridgehead atoms. The molecule has 182 valence electrons. The van der Waals surface area contributed by atoms with Gasteiger partial charge in [0.1, 0.15) is 5.82 Å². The molecule has 4 heterocycles. The van der Waals surface area contributed by atoms with Crippen molar-refractivity contribution < 1.29 is 19.1 Å². The van der Waals surface area contributed by atoms with Crippen LogP contribution in [0.2, 0.25) is 0 Å². The fourth-order valence-electron chi connectivity index (χ4n) is 3.84. The Morgan fingerprint density at radius 3 is 2.50 bits per heavy atom. The fraction of sp³-hybridized carbons (Fsp3) is 0.167. The number of rotatable bonds is 7. The summed E-state index contributed by atoms with van der Waals surface area (Å²) in [6.45, 7) is 3.52. The Balaban J connectivity index is 1.48. The first-order valence-corrected chi connectivity index (χ1v) is 13.3. The molecule has 0 radical (unpaired) electrons. The molecule has 4 aromatic rings. The number of pyridine rings is 1. The predicted molar refractivity (Wildman–Crippen MR) is 136 cm³/mol. The Morgan fingerprint density at radius 1 is 1.11 bits per heavy atom. The number of carbonyl (C=O) groups excluding carboxylic acids is 2. The number of thioether (sulfide) groups is 1. The van der Waals surface area contributed by atoms with Gasteiger partial charge in [-0.3, -0.25) is 19.5 Å². The molecule has 3 aromatic heterocycles. The molecule has 8 nitrogen and oxygen atoms in total. The normalized spacial score (nSPS) is 15.7. The second-order valence-corrected chi connectivity index (χ2v) is 11.2. The number of ketones is 1. The van der Waals surface area contributed by atoms with E-state index in [1.165, 1.54) is 51.5 Å². The lowest BCUT2D eigenvalue weighted by atomic mass is 9.96. The molecule has 1 amide bonds. The number of aryl methyl sites for hydroxylation is 2. The monoisotopic (exact) mass is 539 g/mol. The fourth-order valence-corrected chi connectivity index (χ4v) is 6.54. The van der Waals surface area contributed by atoms with Crippen LogP contribution in [0.15, 0.2) is 64.5 Å². The third kappa shape index (κ3) is 4.54. The van der Waals surface area contributed by atoms with Crippen LogP contribution in [0.1, 0.15) is 37.5 Å². The van der Waals surface area contributed by atoms with Gasteiger partial charge in [-0.15, -0.1) is 21.5 Å². The number of Topliss-reactive ketones (excluding diaryl/α,β-unsaturated/α-hetero) is 1. The lowest BCUT2D eigenvalue weighted by Crippen LogP contribution is -2.31. The Hall–Kier alpha value is -3.48. The highest BCUT2D eigenvalue weighted by atomic mass is 32.2. The van der Waals surface area contributed by atoms with E-state index < -0.39 is 23.5 Å². The molecule has 1 unspecified atom stereocenters. The second-order valence-electron chi connectivity index (χ2n) is 7.86. The van der Waals surface area contributed by atoms with Crippen LogP contribution in [-0.4, -0.2) is 37.0 Å². The van der Waals surface area contributed by atoms with Crippen molar-refractivity contribution in [1.82, 2.24) is 20.2 Å². The van der Waals surface area contributed by atoms with Crippen molar-refractivity contribution in [2.45, 2.75) is 30.0 Å². The Bertz CT molecular complexity index is 1480. The average Bonchev–Trinajstić information content (AvgIpc) is 3.55. The van der Waals surface area contributed by atoms with Gasteiger partial charge < -0.3 is 5.11 Å². The highest BCUT2D eigenvalue weighted by Gasteiger charge is 2.46. The highest BCUT2D eigenvalue weighted by molar-refractivity contribution is 8.00. The minimum absolute atomic E-state index is 0.0336. The Labute approximate surface area is 217 Å². The summed E-state index contributed by atoms with van der Waals surface area (Å²) in [7, 11) is 0. The number of carbonyl (C=O) groups is 2. The molecule has 0 saturated heterocycles. The van der Waals surface area contributed by atoms with Crippen LogP contribution < -0.4 is 4.90 Å². The predicted octanol–water partition coefficient (Wildman–Crippen LogP) is 5.22. The van der Waals surface area contributed by atoms with Crippen molar-refractivity contribution in [3.8, 4) is 0 Å². The standard InChI is InChI=1S/C24H18FN5O3S3/c1-12-21(35-13(2)27-12)19(31)17-18(15-7-9-26-10-8-15)30(22(33)20(17)32)23-28-29-24(36-23)34-11-14-3-5-16(25)6-4-14/h3-10,18,32H,11H2,1-2H3. The van der Waals surface area contributed by atoms with Crippen LogP contribution in [0.3, 0.4) is 0 Å². The number of aromatic nitrogens is 4. The molecule has 0 saturated carbocycles. The van der Waals surface area contributed by atoms with Gasteiger partial charge in [0.25, 0.3) is 5.91 Å². The van der Waals surface area contributed by atoms with E-state index in [4.69, 9.17) is 0 Å². The van der Waals surface area contributed by atoms with Crippen molar-refractivity contribution in [3.63, 3.8) is 0 Å². The third-order valence-corrected chi connectivity index (χ3v) is 8.66. The largest absolute Gasteiger partial charge is 0.503 e. The summed E-state index contributed by atoms with van der Waals surface area (Å²) >= 11 is 3.78. The van der Waals surface area contributed by atoms with Gasteiger partial charge in [-0.05, 0) is 49.2 Å². The molecule has 0 spiro atoms. The number of benzene rings is 1. The van der Waals surface area contributed by atoms with Gasteiger partial charge in [0.15, 0.2) is 10.1 Å². The van der Waals surface area contributed by atoms with Crippen LogP contribution in [0.25, 0.3) is 0 Å². The molecule has 1 aliphatic rings. The number of nitrogens with zero attached hydrogens (tertiary/aromatic N) is 5. The van der Waals surface area contributed by atoms with E-state index in [0.717, 1.165) is 5.56 Å². The van der Waals surface area contributed by atoms with Gasteiger partial charge in [0.05, 0.1) is 27.2 Å². The topological polar surface area (TPSA) is 109 Å². The van der Waals surface area contributed by atoms with E-state index >= 15 is 0 Å². The smallest absolute Gasteiger partial charge is 0.296 e. The van der Waals surface area contributed by atoms with Crippen molar-refractivity contribution in [1.29, 1.82) is 0 Å². The molecule has 0 fully saturated rings. The number of hydrogen-bond donors (Lipinski definition) is 1. The minimum Gasteiger partial charge on any atom is -0.503 e. The second kappa shape index (κ2) is 9.88. The maximum Gasteiger partial charge on any atom is 0.296 e. The first-order valence-electron chi connectivity index (χ1n) is 10.7. The molecule has 5 rings (SSSR count). The molecule has 1 atom stereocenters. The van der Waals surface area contributed by atoms with Crippen molar-refractivity contribution in [3.05, 3.63) is 92.6 Å². The molecule has 1 N–H and O–H groups in total. The van der Waals surface area contributed by atoms with Crippen LogP contribution in [0.5, 0.6) is 0 Å². The zero-order valence-electron chi connectivity index (χ0n) is 19.0. The quantitative estimate of drug-likeness (QED) is 0.193. The van der Waals surface area contributed by atoms with Crippen LogP contribution in [0, 0.1) is 19.7 Å². The number of aliphatic hydroxyl groups is 1. The van der Waals surface area contributed by atoms with E-state index in [-0.39, 0.29) is 16.5 Å². The number of amides is 1. The van der Waals surface area contributed by atoms with Crippen molar-refractivity contribution in [2.24, 2.45) is 0 Å². The van der Waals surface area contributed by atoms with E-state index in [1.807, 2.05) is 0 Å². The molecule has 36 heavy (non-hydrogen) atoms. The average molecular weight is 540 g/mol. The van der Waals surface area contributed by atoms with E-state index in [9.17, 15) is 19.1 Å². The molecule has 12 heteroatoms. The first kappa shape index (κ1) is 24.2. The maximum absolute atomic E-state index is 13.6. The van der Waals surface area contributed by atoms with Crippen molar-refractivity contribution in [2.75, 3.05) is 4.90 Å². The summed E-state index contributed by atoms with van der Waals surface area (Å²) < 4.78 is 13.8. The van der Waals surface area contributed by atoms with Gasteiger partial charge in [0.2, 0.25) is 10.9 Å². The summed E-state index contributed by atoms with van der Waals surface area (Å²) in [5, 5.41) is 20.2. The zero-order valence-corrected chi connectivity index (χ0v) is 21.5. The summed E-state index contributed by atoms with van der Waals surface area (Å²) in [5.74, 6) is -1.58. The van der Waals surface area contributed by atoms with Crippen LogP contribution >= 0.6 is 34.4 Å². The van der Waals surface area contributed by atoms with E-state index in [0.29, 0.717) is 31.2 Å². The highest BCUT2D eigenvalue weighted by Crippen LogP contribution is 2.44. The van der Waals surface area contributed by atoms with Crippen molar-refractivity contribution >= 4 is 51.3 Å². The molecule has 0 aliphatic carbocycles. The van der Waals surface area contributed by atoms with Crippen LogP contribution in [0.4, 0.5) is 9.52 Å². The summed E-state index contributed by atoms with van der Waals surface area (Å²) in [6.07, 6.45) is 3.11. The Morgan fingerprint density at radius 2 is 1.83 bits per heavy atom. The van der Waals surface area contributed by atoms with Gasteiger partial charge in [-0.2, -0.15) is 0 Å². The zero-order chi connectivity index (χ0) is 25.4. The number of thiazole rings is 1. The summed E-state index contributed by atoms with van der Waals surface area (Å²) in [4.78, 5) is 36.9. The third-order valence-electron chi connectivity index (χ3n) is 5.46. The summed E-state index contributed by atoms with van der Waals surface area (Å²) in [5.41, 5.74) is 2.01. The maximum atomic E-state index is 13.6. The first-order chi connectivity index (χ1) is 17.3. The van der Waals surface area contributed by atoms with E-state index in [1.54, 1.807) is 50.5 Å². The molecule has 1 aliphatic heterocycles. The number of anilines is 1. The lowest BCUT2D eigenvalue weighted by molar-refractivity contribution is -0.117. The minimum atomic E-state index is -0.905. The van der Waals surface area contributed by atoms with Gasteiger partial charge in [0, 0.05) is 18.1 Å². The SMILES string of the molecule is Cc1nc(C)c(C(=O)C2=C(O)C(=O)N(c3nnc(SCc4ccc(F)cc4)s3)C2c2ccncc2)s1. The number of hydrogen-bond acceptors (Lipinski definition) is 10. The number of aliphatic hydroxyl groups excluding tert-OH is 1. The van der Waals surface area contributed by atoms with E-state index in [2.05, 4.69) is 20.2 Å². The molecular weight excluding hydrogens is 521 g/mol. The number of halogens is 1. The summed E-state index contributed by atoms with van der Waals surface area (Å²) in [6, 6.07) is 8.64. The molecule has 1 aromatic carbocycles. The van der Waals surface area contributed by atoms with Gasteiger partial charge >= 0.3 is 0 Å².